The molecule has 3 atom stereocenters. The first-order valence-electron chi connectivity index (χ1n) is 12.7. The summed E-state index contributed by atoms with van der Waals surface area (Å²) in [6, 6.07) is 19.2. The van der Waals surface area contributed by atoms with Crippen molar-refractivity contribution in [2.45, 2.75) is 21.1 Å². The van der Waals surface area contributed by atoms with E-state index >= 15 is 0 Å². The summed E-state index contributed by atoms with van der Waals surface area (Å²) in [6.45, 7) is -0.320. The third-order valence-corrected chi connectivity index (χ3v) is 10.8. The lowest BCUT2D eigenvalue weighted by atomic mass is 9.83. The minimum atomic E-state index is -3.84. The van der Waals surface area contributed by atoms with Crippen molar-refractivity contribution in [1.29, 1.82) is 0 Å². The molecule has 220 valence electrons. The summed E-state index contributed by atoms with van der Waals surface area (Å²) < 4.78 is 29.2. The van der Waals surface area contributed by atoms with Crippen molar-refractivity contribution in [3.8, 4) is 5.75 Å². The Hall–Kier alpha value is -3.76. The summed E-state index contributed by atoms with van der Waals surface area (Å²) in [6.07, 6.45) is 0. The van der Waals surface area contributed by atoms with E-state index in [0.29, 0.717) is 27.0 Å². The van der Waals surface area contributed by atoms with E-state index in [4.69, 9.17) is 9.88 Å². The van der Waals surface area contributed by atoms with Gasteiger partial charge in [0.1, 0.15) is 11.0 Å². The Balaban J connectivity index is 1.20. The van der Waals surface area contributed by atoms with E-state index in [-0.39, 0.29) is 28.2 Å². The molecule has 6 rings (SSSR count). The van der Waals surface area contributed by atoms with E-state index in [1.165, 1.54) is 40.9 Å². The lowest BCUT2D eigenvalue weighted by molar-refractivity contribution is -0.122. The minimum absolute atomic E-state index is 0.0755. The molecule has 2 unspecified atom stereocenters. The van der Waals surface area contributed by atoms with Gasteiger partial charge in [0, 0.05) is 21.0 Å². The van der Waals surface area contributed by atoms with E-state index in [0.717, 1.165) is 21.4 Å². The van der Waals surface area contributed by atoms with Crippen LogP contribution in [0.2, 0.25) is 0 Å². The van der Waals surface area contributed by atoms with Crippen molar-refractivity contribution in [2.24, 2.45) is 11.1 Å². The smallest absolute Gasteiger partial charge is 0.305 e. The number of thiazole rings is 1. The maximum atomic E-state index is 13.8. The molecule has 2 aliphatic rings. The number of aromatic nitrogens is 1. The van der Waals surface area contributed by atoms with E-state index in [1.54, 1.807) is 48.5 Å². The van der Waals surface area contributed by atoms with Crippen LogP contribution in [0, 0.1) is 5.92 Å². The second-order valence-electron chi connectivity index (χ2n) is 9.71. The average Bonchev–Trinajstić information content (AvgIpc) is 3.46. The standard InChI is InChI=1S/C28H21BrN4O7S3/c29-15-3-7-17(8-4-15)33-26(35)22-21(23-25(32-28(37)42-23)41-24(22)27(33)36)14-1-9-18(10-2-14)40-13-20(34)31-16-5-11-19(12-6-16)43(30,38)39/h1-12,21-22,24H,13H2,(H,31,34)(H,32,37)(H2,30,38,39)/t21-,22?,24?/m1/s1. The molecule has 1 aromatic heterocycles. The zero-order valence-electron chi connectivity index (χ0n) is 21.9. The molecular weight excluding hydrogens is 680 g/mol. The summed E-state index contributed by atoms with van der Waals surface area (Å²) >= 11 is 5.60. The number of nitrogens with two attached hydrogens (primary N) is 1. The number of thioether (sulfide) groups is 1. The van der Waals surface area contributed by atoms with Crippen LogP contribution in [0.15, 0.2) is 92.0 Å². The predicted octanol–water partition coefficient (Wildman–Crippen LogP) is 3.66. The minimum Gasteiger partial charge on any atom is -0.484 e. The Morgan fingerprint density at radius 2 is 1.65 bits per heavy atom. The zero-order valence-corrected chi connectivity index (χ0v) is 25.9. The number of hydrogen-bond acceptors (Lipinski definition) is 9. The number of imide groups is 1. The molecule has 11 nitrogen and oxygen atoms in total. The Morgan fingerprint density at radius 1 is 0.977 bits per heavy atom. The molecule has 0 aliphatic carbocycles. The second kappa shape index (κ2) is 11.4. The number of H-pyrrole nitrogens is 1. The summed E-state index contributed by atoms with van der Waals surface area (Å²) in [7, 11) is -3.84. The third-order valence-electron chi connectivity index (χ3n) is 6.98. The number of anilines is 2. The van der Waals surface area contributed by atoms with Crippen LogP contribution in [-0.2, 0) is 24.4 Å². The molecule has 3 aromatic carbocycles. The van der Waals surface area contributed by atoms with Gasteiger partial charge in [-0.1, -0.05) is 51.2 Å². The van der Waals surface area contributed by atoms with Gasteiger partial charge in [0.25, 0.3) is 5.91 Å². The maximum absolute atomic E-state index is 13.8. The van der Waals surface area contributed by atoms with Crippen molar-refractivity contribution in [3.05, 3.63) is 97.4 Å². The fourth-order valence-electron chi connectivity index (χ4n) is 5.07. The molecule has 43 heavy (non-hydrogen) atoms. The molecule has 3 heterocycles. The number of hydrogen-bond donors (Lipinski definition) is 3. The van der Waals surface area contributed by atoms with Crippen LogP contribution in [0.25, 0.3) is 0 Å². The molecule has 15 heteroatoms. The molecule has 4 aromatic rings. The van der Waals surface area contributed by atoms with Gasteiger partial charge in [0.2, 0.25) is 21.8 Å². The van der Waals surface area contributed by atoms with Crippen LogP contribution in [0.5, 0.6) is 5.75 Å². The first kappa shape index (κ1) is 29.3. The number of sulfonamides is 1. The number of primary sulfonamides is 1. The monoisotopic (exact) mass is 700 g/mol. The number of carbonyl (C=O) groups is 3. The number of rotatable bonds is 7. The highest BCUT2D eigenvalue weighted by molar-refractivity contribution is 9.10. The molecule has 4 N–H and O–H groups in total. The third kappa shape index (κ3) is 5.78. The van der Waals surface area contributed by atoms with Gasteiger partial charge in [-0.05, 0) is 66.2 Å². The lowest BCUT2D eigenvalue weighted by Gasteiger charge is -2.29. The van der Waals surface area contributed by atoms with Gasteiger partial charge in [-0.3, -0.25) is 19.2 Å². The van der Waals surface area contributed by atoms with Crippen molar-refractivity contribution in [3.63, 3.8) is 0 Å². The number of benzene rings is 3. The Morgan fingerprint density at radius 3 is 2.30 bits per heavy atom. The van der Waals surface area contributed by atoms with Crippen LogP contribution in [0.4, 0.5) is 11.4 Å². The van der Waals surface area contributed by atoms with Gasteiger partial charge in [-0.25, -0.2) is 18.5 Å². The van der Waals surface area contributed by atoms with Crippen molar-refractivity contribution >= 4 is 78.1 Å². The van der Waals surface area contributed by atoms with Crippen molar-refractivity contribution < 1.29 is 27.5 Å². The van der Waals surface area contributed by atoms with E-state index < -0.39 is 33.0 Å². The van der Waals surface area contributed by atoms with Crippen LogP contribution in [0.1, 0.15) is 16.4 Å². The van der Waals surface area contributed by atoms with E-state index in [1.807, 2.05) is 0 Å². The number of nitrogens with one attached hydrogen (secondary N) is 2. The number of ether oxygens (including phenoxy) is 1. The number of amides is 3. The van der Waals surface area contributed by atoms with Gasteiger partial charge >= 0.3 is 4.87 Å². The predicted molar refractivity (Wildman–Crippen MR) is 165 cm³/mol. The topological polar surface area (TPSA) is 169 Å². The fourth-order valence-corrected chi connectivity index (χ4v) is 8.36. The first-order chi connectivity index (χ1) is 20.5. The molecule has 0 bridgehead atoms. The first-order valence-corrected chi connectivity index (χ1v) is 16.7. The molecule has 0 radical (unpaired) electrons. The second-order valence-corrected chi connectivity index (χ2v) is 14.4. The number of nitrogens with zero attached hydrogens (tertiary/aromatic N) is 1. The van der Waals surface area contributed by atoms with Crippen LogP contribution < -0.4 is 25.0 Å². The number of fused-ring (bicyclic) bond motifs is 2. The van der Waals surface area contributed by atoms with Gasteiger partial charge in [0.15, 0.2) is 6.61 Å². The van der Waals surface area contributed by atoms with Gasteiger partial charge < -0.3 is 15.0 Å². The molecule has 0 saturated carbocycles. The quantitative estimate of drug-likeness (QED) is 0.246. The highest BCUT2D eigenvalue weighted by Gasteiger charge is 2.56. The molecule has 3 amide bonds. The molecule has 2 aliphatic heterocycles. The van der Waals surface area contributed by atoms with E-state index in [9.17, 15) is 27.6 Å². The Labute approximate surface area is 261 Å². The van der Waals surface area contributed by atoms with Crippen molar-refractivity contribution in [2.75, 3.05) is 16.8 Å². The maximum Gasteiger partial charge on any atom is 0.305 e. The lowest BCUT2D eigenvalue weighted by Crippen LogP contribution is -2.32. The Kier molecular flexibility index (Phi) is 7.76. The summed E-state index contributed by atoms with van der Waals surface area (Å²) in [5, 5.41) is 7.57. The normalized spacial score (nSPS) is 19.6. The van der Waals surface area contributed by atoms with Crippen LogP contribution in [-0.4, -0.2) is 43.0 Å². The zero-order chi connectivity index (χ0) is 30.5. The molecule has 1 saturated heterocycles. The summed E-state index contributed by atoms with van der Waals surface area (Å²) in [5.74, 6) is -2.02. The van der Waals surface area contributed by atoms with Crippen LogP contribution in [0.3, 0.4) is 0 Å². The van der Waals surface area contributed by atoms with Gasteiger partial charge in [0.05, 0.1) is 21.5 Å². The van der Waals surface area contributed by atoms with Crippen LogP contribution >= 0.6 is 39.0 Å². The number of halogens is 1. The average molecular weight is 702 g/mol. The highest BCUT2D eigenvalue weighted by atomic mass is 79.9. The fraction of sp³-hybridized carbons (Fsp3) is 0.143. The summed E-state index contributed by atoms with van der Waals surface area (Å²) in [5.41, 5.74) is 1.57. The van der Waals surface area contributed by atoms with Gasteiger partial charge in [-0.15, -0.1) is 0 Å². The SMILES string of the molecule is NS(=O)(=O)c1ccc(NC(=O)COc2ccc([C@H]3c4sc(=O)[nH]c4SC4C(=O)N(c5ccc(Br)cc5)C(=O)C43)cc2)cc1. The highest BCUT2D eigenvalue weighted by Crippen LogP contribution is 2.53. The van der Waals surface area contributed by atoms with Gasteiger partial charge in [-0.2, -0.15) is 0 Å². The number of carbonyl (C=O) groups excluding carboxylic acids is 3. The Bertz CT molecular complexity index is 1910. The molecule has 1 fully saturated rings. The number of aromatic amines is 1. The van der Waals surface area contributed by atoms with E-state index in [2.05, 4.69) is 26.2 Å². The van der Waals surface area contributed by atoms with Crippen molar-refractivity contribution in [1.82, 2.24) is 4.98 Å². The molecular formula is C28H21BrN4O7S3. The summed E-state index contributed by atoms with van der Waals surface area (Å²) in [4.78, 5) is 56.4. The largest absolute Gasteiger partial charge is 0.484 e. The molecule has 0 spiro atoms.